The molecule has 0 spiro atoms. The van der Waals surface area contributed by atoms with Gasteiger partial charge >= 0.3 is 0 Å². The van der Waals surface area contributed by atoms with Crippen molar-refractivity contribution in [2.45, 2.75) is 35.7 Å². The van der Waals surface area contributed by atoms with Gasteiger partial charge in [-0.2, -0.15) is 0 Å². The molecule has 1 saturated heterocycles. The topological polar surface area (TPSA) is 43.4 Å². The minimum Gasteiger partial charge on any atom is -0.378 e. The van der Waals surface area contributed by atoms with E-state index in [-0.39, 0.29) is 0 Å². The van der Waals surface area contributed by atoms with E-state index in [1.807, 2.05) is 6.92 Å². The van der Waals surface area contributed by atoms with Gasteiger partial charge in [-0.1, -0.05) is 22.9 Å². The molecule has 2 aliphatic rings. The Bertz CT molecular complexity index is 322. The van der Waals surface area contributed by atoms with Crippen LogP contribution in [-0.2, 0) is 14.6 Å². The van der Waals surface area contributed by atoms with Gasteiger partial charge < -0.3 is 4.74 Å². The van der Waals surface area contributed by atoms with Gasteiger partial charge in [0, 0.05) is 5.33 Å². The normalized spacial score (nSPS) is 28.1. The van der Waals surface area contributed by atoms with Crippen LogP contribution in [0, 0.1) is 0 Å². The molecule has 5 heteroatoms. The minimum atomic E-state index is -3.02. The summed E-state index contributed by atoms with van der Waals surface area (Å²) in [6.07, 6.45) is 2.29. The predicted molar refractivity (Wildman–Crippen MR) is 58.5 cm³/mol. The molecule has 1 heterocycles. The Balaban J connectivity index is 2.32. The Morgan fingerprint density at radius 3 is 2.07 bits per heavy atom. The fourth-order valence-corrected chi connectivity index (χ4v) is 5.98. The van der Waals surface area contributed by atoms with Crippen LogP contribution in [-0.4, -0.2) is 36.5 Å². The molecular weight excluding hydrogens is 268 g/mol. The zero-order valence-corrected chi connectivity index (χ0v) is 10.7. The molecule has 0 radical (unpaired) electrons. The van der Waals surface area contributed by atoms with E-state index in [1.54, 1.807) is 0 Å². The molecule has 14 heavy (non-hydrogen) atoms. The maximum absolute atomic E-state index is 12.4. The average Bonchev–Trinajstić information content (AvgIpc) is 2.82. The van der Waals surface area contributed by atoms with Gasteiger partial charge in [-0.3, -0.25) is 0 Å². The zero-order valence-electron chi connectivity index (χ0n) is 8.25. The van der Waals surface area contributed by atoms with Crippen molar-refractivity contribution >= 4 is 25.8 Å². The summed E-state index contributed by atoms with van der Waals surface area (Å²) in [5, 5.41) is 0.573. The summed E-state index contributed by atoms with van der Waals surface area (Å²) >= 11 is 3.32. The summed E-state index contributed by atoms with van der Waals surface area (Å²) in [6.45, 7) is 2.71. The number of alkyl halides is 1. The number of sulfone groups is 1. The van der Waals surface area contributed by atoms with Crippen molar-refractivity contribution in [3.8, 4) is 0 Å². The van der Waals surface area contributed by atoms with Crippen LogP contribution in [0.2, 0.25) is 0 Å². The Labute approximate surface area is 93.3 Å². The van der Waals surface area contributed by atoms with Crippen molar-refractivity contribution in [3.63, 3.8) is 0 Å². The van der Waals surface area contributed by atoms with Crippen molar-refractivity contribution < 1.29 is 13.2 Å². The van der Waals surface area contributed by atoms with E-state index in [9.17, 15) is 8.42 Å². The van der Waals surface area contributed by atoms with E-state index in [4.69, 9.17) is 4.74 Å². The molecule has 3 nitrogen and oxygen atoms in total. The average molecular weight is 283 g/mol. The third-order valence-electron chi connectivity index (χ3n) is 3.57. The van der Waals surface area contributed by atoms with E-state index >= 15 is 0 Å². The largest absolute Gasteiger partial charge is 0.378 e. The Kier molecular flexibility index (Phi) is 2.48. The molecule has 0 atom stereocenters. The van der Waals surface area contributed by atoms with E-state index in [0.717, 1.165) is 12.8 Å². The van der Waals surface area contributed by atoms with Gasteiger partial charge in [-0.25, -0.2) is 8.42 Å². The lowest BCUT2D eigenvalue weighted by Gasteiger charge is -2.42. The third kappa shape index (κ3) is 1.15. The zero-order chi connectivity index (χ0) is 10.4. The minimum absolute atomic E-state index is 0.389. The molecule has 0 aromatic heterocycles. The predicted octanol–water partition coefficient (Wildman–Crippen LogP) is 1.51. The fraction of sp³-hybridized carbons (Fsp3) is 1.00. The molecule has 1 saturated carbocycles. The summed E-state index contributed by atoms with van der Waals surface area (Å²) in [5.74, 6) is 0. The van der Waals surface area contributed by atoms with Crippen LogP contribution in [0.4, 0.5) is 0 Å². The summed E-state index contributed by atoms with van der Waals surface area (Å²) in [4.78, 5) is 0. The maximum Gasteiger partial charge on any atom is 0.167 e. The maximum atomic E-state index is 12.4. The Morgan fingerprint density at radius 2 is 1.86 bits per heavy atom. The van der Waals surface area contributed by atoms with E-state index in [0.29, 0.717) is 25.0 Å². The number of hydrogen-bond acceptors (Lipinski definition) is 3. The van der Waals surface area contributed by atoms with Crippen molar-refractivity contribution in [1.82, 2.24) is 0 Å². The lowest BCUT2D eigenvalue weighted by atomic mass is 10.0. The molecule has 82 valence electrons. The number of rotatable bonds is 4. The summed E-state index contributed by atoms with van der Waals surface area (Å²) in [6, 6.07) is 0. The van der Waals surface area contributed by atoms with Crippen LogP contribution in [0.1, 0.15) is 26.2 Å². The quantitative estimate of drug-likeness (QED) is 0.734. The Hall–Kier alpha value is 0.390. The number of halogens is 1. The molecule has 0 bridgehead atoms. The fourth-order valence-electron chi connectivity index (χ4n) is 1.95. The van der Waals surface area contributed by atoms with E-state index in [2.05, 4.69) is 15.9 Å². The number of ether oxygens (including phenoxy) is 1. The molecule has 2 rings (SSSR count). The molecule has 1 aliphatic carbocycles. The SMILES string of the molecule is CCC1(S(=O)(=O)C2(CBr)CC2)COC1. The van der Waals surface area contributed by atoms with Gasteiger partial charge in [0.05, 0.1) is 18.0 Å². The molecule has 0 amide bonds. The van der Waals surface area contributed by atoms with E-state index in [1.165, 1.54) is 0 Å². The molecule has 2 fully saturated rings. The van der Waals surface area contributed by atoms with Crippen LogP contribution in [0.15, 0.2) is 0 Å². The smallest absolute Gasteiger partial charge is 0.167 e. The van der Waals surface area contributed by atoms with Gasteiger partial charge in [0.2, 0.25) is 0 Å². The first-order valence-electron chi connectivity index (χ1n) is 4.91. The standard InChI is InChI=1S/C9H15BrO3S/c1-2-8(6-13-7-8)14(11,12)9(5-10)3-4-9/h2-7H2,1H3. The van der Waals surface area contributed by atoms with Crippen molar-refractivity contribution in [2.24, 2.45) is 0 Å². The second-order valence-electron chi connectivity index (χ2n) is 4.35. The van der Waals surface area contributed by atoms with Crippen molar-refractivity contribution in [2.75, 3.05) is 18.5 Å². The van der Waals surface area contributed by atoms with Crippen LogP contribution < -0.4 is 0 Å². The Morgan fingerprint density at radius 1 is 1.29 bits per heavy atom. The highest BCUT2D eigenvalue weighted by Crippen LogP contribution is 2.51. The second-order valence-corrected chi connectivity index (χ2v) is 7.65. The highest BCUT2D eigenvalue weighted by atomic mass is 79.9. The molecule has 1 aliphatic heterocycles. The van der Waals surface area contributed by atoms with Gasteiger partial charge in [-0.15, -0.1) is 0 Å². The third-order valence-corrected chi connectivity index (χ3v) is 8.37. The van der Waals surface area contributed by atoms with Gasteiger partial charge in [0.1, 0.15) is 4.75 Å². The molecule has 0 N–H and O–H groups in total. The van der Waals surface area contributed by atoms with Gasteiger partial charge in [-0.05, 0) is 19.3 Å². The molecule has 0 unspecified atom stereocenters. The van der Waals surface area contributed by atoms with Gasteiger partial charge in [0.25, 0.3) is 0 Å². The summed E-state index contributed by atoms with van der Waals surface area (Å²) < 4.78 is 28.8. The second kappa shape index (κ2) is 3.19. The van der Waals surface area contributed by atoms with Crippen molar-refractivity contribution in [3.05, 3.63) is 0 Å². The van der Waals surface area contributed by atoms with Crippen molar-refractivity contribution in [1.29, 1.82) is 0 Å². The van der Waals surface area contributed by atoms with Crippen LogP contribution in [0.25, 0.3) is 0 Å². The molecular formula is C9H15BrO3S. The highest BCUT2D eigenvalue weighted by Gasteiger charge is 2.63. The first-order chi connectivity index (χ1) is 6.54. The lowest BCUT2D eigenvalue weighted by Crippen LogP contribution is -2.59. The lowest BCUT2D eigenvalue weighted by molar-refractivity contribution is -0.0155. The first-order valence-corrected chi connectivity index (χ1v) is 7.52. The summed E-state index contributed by atoms with van der Waals surface area (Å²) in [7, 11) is -3.02. The molecule has 0 aromatic rings. The number of hydrogen-bond donors (Lipinski definition) is 0. The first kappa shape index (κ1) is 10.9. The van der Waals surface area contributed by atoms with Crippen LogP contribution >= 0.6 is 15.9 Å². The monoisotopic (exact) mass is 282 g/mol. The van der Waals surface area contributed by atoms with Crippen LogP contribution in [0.5, 0.6) is 0 Å². The molecule has 0 aromatic carbocycles. The van der Waals surface area contributed by atoms with Crippen LogP contribution in [0.3, 0.4) is 0 Å². The summed E-state index contributed by atoms with van der Waals surface area (Å²) in [5.41, 5.74) is 0. The van der Waals surface area contributed by atoms with Gasteiger partial charge in [0.15, 0.2) is 9.84 Å². The highest BCUT2D eigenvalue weighted by molar-refractivity contribution is 9.09. The van der Waals surface area contributed by atoms with E-state index < -0.39 is 19.3 Å².